The molecule has 0 radical (unpaired) electrons. The van der Waals surface area contributed by atoms with Gasteiger partial charge in [-0.1, -0.05) is 13.3 Å². The van der Waals surface area contributed by atoms with E-state index in [1.165, 1.54) is 0 Å². The van der Waals surface area contributed by atoms with Gasteiger partial charge in [-0.3, -0.25) is 4.79 Å². The molecule has 0 spiro atoms. The van der Waals surface area contributed by atoms with Crippen molar-refractivity contribution in [2.24, 2.45) is 0 Å². The molecule has 76 valence electrons. The number of hydrogen-bond acceptors (Lipinski definition) is 3. The Kier molecular flexibility index (Phi) is 6.02. The highest BCUT2D eigenvalue weighted by Gasteiger charge is 2.04. The second-order valence-corrected chi connectivity index (χ2v) is 3.33. The molecule has 0 aromatic rings. The Labute approximate surface area is 80.4 Å². The second kappa shape index (κ2) is 6.52. The van der Waals surface area contributed by atoms with Crippen LogP contribution in [0.25, 0.3) is 0 Å². The van der Waals surface area contributed by atoms with Crippen LogP contribution in [0.1, 0.15) is 26.7 Å². The predicted octanol–water partition coefficient (Wildman–Crippen LogP) is 1.79. The summed E-state index contributed by atoms with van der Waals surface area (Å²) in [5, 5.41) is 0. The van der Waals surface area contributed by atoms with Gasteiger partial charge in [-0.2, -0.15) is 0 Å². The second-order valence-electron chi connectivity index (χ2n) is 3.33. The predicted molar refractivity (Wildman–Crippen MR) is 53.3 cm³/mol. The average Bonchev–Trinajstić information content (AvgIpc) is 2.02. The minimum absolute atomic E-state index is 0.112. The van der Waals surface area contributed by atoms with E-state index in [1.807, 2.05) is 21.0 Å². The third-order valence-electron chi connectivity index (χ3n) is 1.53. The maximum Gasteiger partial charge on any atom is 0.186 e. The van der Waals surface area contributed by atoms with Gasteiger partial charge in [-0.25, -0.2) is 0 Å². The molecule has 0 aliphatic carbocycles. The quantitative estimate of drug-likeness (QED) is 0.359. The van der Waals surface area contributed by atoms with Crippen molar-refractivity contribution in [1.29, 1.82) is 0 Å². The minimum atomic E-state index is 0.112. The smallest absolute Gasteiger partial charge is 0.186 e. The van der Waals surface area contributed by atoms with E-state index in [2.05, 4.69) is 6.92 Å². The standard InChI is InChI=1S/C10H19NO2/c1-5-6-9(2)13-10(8-12)7-11(3)4/h7-9H,5-6H2,1-4H3. The van der Waals surface area contributed by atoms with Crippen LogP contribution in [-0.2, 0) is 9.53 Å². The summed E-state index contributed by atoms with van der Waals surface area (Å²) in [7, 11) is 3.72. The summed E-state index contributed by atoms with van der Waals surface area (Å²) in [4.78, 5) is 12.4. The van der Waals surface area contributed by atoms with Crippen molar-refractivity contribution in [3.8, 4) is 0 Å². The van der Waals surface area contributed by atoms with Crippen LogP contribution in [0, 0.1) is 0 Å². The molecule has 0 saturated heterocycles. The fourth-order valence-electron chi connectivity index (χ4n) is 1.04. The first-order valence-electron chi connectivity index (χ1n) is 4.60. The summed E-state index contributed by atoms with van der Waals surface area (Å²) in [6.45, 7) is 4.06. The molecule has 3 nitrogen and oxygen atoms in total. The number of hydrogen-bond donors (Lipinski definition) is 0. The van der Waals surface area contributed by atoms with E-state index in [9.17, 15) is 4.79 Å². The molecule has 0 aromatic carbocycles. The summed E-state index contributed by atoms with van der Waals surface area (Å²) in [5.41, 5.74) is 0. The Bertz CT molecular complexity index is 176. The Balaban J connectivity index is 4.04. The summed E-state index contributed by atoms with van der Waals surface area (Å²) in [6.07, 6.45) is 4.57. The van der Waals surface area contributed by atoms with Crippen LogP contribution < -0.4 is 0 Å². The first kappa shape index (κ1) is 12.0. The van der Waals surface area contributed by atoms with Crippen LogP contribution in [0.3, 0.4) is 0 Å². The molecular formula is C10H19NO2. The fraction of sp³-hybridized carbons (Fsp3) is 0.700. The number of allylic oxidation sites excluding steroid dienone is 1. The van der Waals surface area contributed by atoms with Gasteiger partial charge in [0.05, 0.1) is 6.10 Å². The zero-order valence-electron chi connectivity index (χ0n) is 8.91. The van der Waals surface area contributed by atoms with Gasteiger partial charge in [0.1, 0.15) is 0 Å². The lowest BCUT2D eigenvalue weighted by atomic mass is 10.2. The number of carbonyl (C=O) groups is 1. The van der Waals surface area contributed by atoms with Crippen molar-refractivity contribution in [2.45, 2.75) is 32.8 Å². The lowest BCUT2D eigenvalue weighted by Gasteiger charge is -2.14. The molecule has 0 N–H and O–H groups in total. The third-order valence-corrected chi connectivity index (χ3v) is 1.53. The molecule has 0 fully saturated rings. The molecule has 0 bridgehead atoms. The van der Waals surface area contributed by atoms with Crippen LogP contribution in [0.2, 0.25) is 0 Å². The third kappa shape index (κ3) is 6.20. The molecule has 13 heavy (non-hydrogen) atoms. The van der Waals surface area contributed by atoms with Crippen LogP contribution in [-0.4, -0.2) is 31.4 Å². The summed E-state index contributed by atoms with van der Waals surface area (Å²) >= 11 is 0. The average molecular weight is 185 g/mol. The Hall–Kier alpha value is -0.990. The topological polar surface area (TPSA) is 29.5 Å². The summed E-state index contributed by atoms with van der Waals surface area (Å²) < 4.78 is 5.40. The van der Waals surface area contributed by atoms with Crippen molar-refractivity contribution in [3.63, 3.8) is 0 Å². The lowest BCUT2D eigenvalue weighted by molar-refractivity contribution is -0.108. The minimum Gasteiger partial charge on any atom is -0.486 e. The van der Waals surface area contributed by atoms with E-state index < -0.39 is 0 Å². The fourth-order valence-corrected chi connectivity index (χ4v) is 1.04. The van der Waals surface area contributed by atoms with Crippen LogP contribution >= 0.6 is 0 Å². The highest BCUT2D eigenvalue weighted by atomic mass is 16.5. The molecule has 0 amide bonds. The van der Waals surface area contributed by atoms with E-state index in [4.69, 9.17) is 4.74 Å². The van der Waals surface area contributed by atoms with Gasteiger partial charge in [0.15, 0.2) is 12.0 Å². The van der Waals surface area contributed by atoms with E-state index in [0.29, 0.717) is 5.76 Å². The Morgan fingerprint density at radius 2 is 2.15 bits per heavy atom. The first-order chi connectivity index (χ1) is 6.10. The van der Waals surface area contributed by atoms with Gasteiger partial charge in [-0.15, -0.1) is 0 Å². The molecule has 0 heterocycles. The van der Waals surface area contributed by atoms with Gasteiger partial charge in [-0.05, 0) is 13.3 Å². The van der Waals surface area contributed by atoms with Gasteiger partial charge in [0.25, 0.3) is 0 Å². The number of aldehydes is 1. The molecule has 0 saturated carbocycles. The molecule has 0 aliphatic heterocycles. The van der Waals surface area contributed by atoms with Gasteiger partial charge < -0.3 is 9.64 Å². The SMILES string of the molecule is CCCC(C)OC(C=O)=CN(C)C. The van der Waals surface area contributed by atoms with Crippen molar-refractivity contribution in [1.82, 2.24) is 4.90 Å². The van der Waals surface area contributed by atoms with E-state index >= 15 is 0 Å². The van der Waals surface area contributed by atoms with E-state index in [0.717, 1.165) is 19.1 Å². The number of ether oxygens (including phenoxy) is 1. The number of carbonyl (C=O) groups excluding carboxylic acids is 1. The highest BCUT2D eigenvalue weighted by molar-refractivity contribution is 5.69. The van der Waals surface area contributed by atoms with Crippen molar-refractivity contribution in [2.75, 3.05) is 14.1 Å². The molecule has 0 rings (SSSR count). The molecule has 0 aromatic heterocycles. The van der Waals surface area contributed by atoms with Crippen molar-refractivity contribution >= 4 is 6.29 Å². The zero-order valence-corrected chi connectivity index (χ0v) is 8.91. The molecule has 0 aliphatic rings. The van der Waals surface area contributed by atoms with Crippen molar-refractivity contribution < 1.29 is 9.53 Å². The first-order valence-corrected chi connectivity index (χ1v) is 4.60. The van der Waals surface area contributed by atoms with E-state index in [1.54, 1.807) is 11.1 Å². The number of rotatable bonds is 6. The van der Waals surface area contributed by atoms with Gasteiger partial charge in [0.2, 0.25) is 0 Å². The zero-order chi connectivity index (χ0) is 10.3. The van der Waals surface area contributed by atoms with Gasteiger partial charge in [0, 0.05) is 20.3 Å². The molecule has 1 unspecified atom stereocenters. The molecule has 3 heteroatoms. The summed E-state index contributed by atoms with van der Waals surface area (Å²) in [5.74, 6) is 0.394. The van der Waals surface area contributed by atoms with Crippen LogP contribution in [0.4, 0.5) is 0 Å². The molecule has 1 atom stereocenters. The monoisotopic (exact) mass is 185 g/mol. The van der Waals surface area contributed by atoms with Gasteiger partial charge >= 0.3 is 0 Å². The normalized spacial score (nSPS) is 13.7. The number of nitrogens with zero attached hydrogens (tertiary/aromatic N) is 1. The maximum absolute atomic E-state index is 10.6. The Morgan fingerprint density at radius 3 is 2.54 bits per heavy atom. The lowest BCUT2D eigenvalue weighted by Crippen LogP contribution is -2.11. The molecular weight excluding hydrogens is 166 g/mol. The van der Waals surface area contributed by atoms with Crippen LogP contribution in [0.5, 0.6) is 0 Å². The largest absolute Gasteiger partial charge is 0.486 e. The van der Waals surface area contributed by atoms with Crippen molar-refractivity contribution in [3.05, 3.63) is 12.0 Å². The Morgan fingerprint density at radius 1 is 1.54 bits per heavy atom. The van der Waals surface area contributed by atoms with Crippen LogP contribution in [0.15, 0.2) is 12.0 Å². The van der Waals surface area contributed by atoms with E-state index in [-0.39, 0.29) is 6.10 Å². The maximum atomic E-state index is 10.6. The highest BCUT2D eigenvalue weighted by Crippen LogP contribution is 2.06. The summed E-state index contributed by atoms with van der Waals surface area (Å²) in [6, 6.07) is 0.